The van der Waals surface area contributed by atoms with Gasteiger partial charge in [-0.25, -0.2) is 0 Å². The number of anilines is 1. The molecule has 4 nitrogen and oxygen atoms in total. The third-order valence-electron chi connectivity index (χ3n) is 1.96. The van der Waals surface area contributed by atoms with Crippen molar-refractivity contribution in [3.63, 3.8) is 0 Å². The molecule has 1 amide bonds. The van der Waals surface area contributed by atoms with E-state index < -0.39 is 0 Å². The Kier molecular flexibility index (Phi) is 4.27. The zero-order valence-electron chi connectivity index (χ0n) is 9.16. The van der Waals surface area contributed by atoms with Crippen LogP contribution < -0.4 is 11.1 Å². The monoisotopic (exact) mass is 207 g/mol. The van der Waals surface area contributed by atoms with E-state index in [0.717, 1.165) is 17.8 Å². The Bertz CT molecular complexity index is 336. The van der Waals surface area contributed by atoms with Crippen LogP contribution in [0, 0.1) is 0 Å². The fourth-order valence-electron chi connectivity index (χ4n) is 1.32. The first-order valence-corrected chi connectivity index (χ1v) is 4.86. The Morgan fingerprint density at radius 3 is 2.67 bits per heavy atom. The molecule has 1 rings (SSSR count). The molecule has 82 valence electrons. The Hall–Kier alpha value is -1.39. The summed E-state index contributed by atoms with van der Waals surface area (Å²) in [5, 5.41) is 2.77. The third kappa shape index (κ3) is 3.69. The first-order valence-electron chi connectivity index (χ1n) is 4.86. The van der Waals surface area contributed by atoms with E-state index >= 15 is 0 Å². The van der Waals surface area contributed by atoms with Crippen LogP contribution in [-0.2, 0) is 11.3 Å². The molecule has 0 atom stereocenters. The topological polar surface area (TPSA) is 58.4 Å². The van der Waals surface area contributed by atoms with E-state index in [2.05, 4.69) is 5.32 Å². The molecule has 4 heteroatoms. The second-order valence-corrected chi connectivity index (χ2v) is 3.65. The minimum absolute atomic E-state index is 0.0102. The van der Waals surface area contributed by atoms with Crippen molar-refractivity contribution in [2.24, 2.45) is 5.73 Å². The van der Waals surface area contributed by atoms with E-state index in [1.54, 1.807) is 0 Å². The van der Waals surface area contributed by atoms with E-state index in [1.807, 2.05) is 43.3 Å². The fourth-order valence-corrected chi connectivity index (χ4v) is 1.32. The highest BCUT2D eigenvalue weighted by Crippen LogP contribution is 2.15. The number of para-hydroxylation sites is 1. The van der Waals surface area contributed by atoms with Gasteiger partial charge in [-0.2, -0.15) is 0 Å². The standard InChI is InChI=1S/C11H17N3O/c1-14(2)8-9-5-3-4-6-10(9)13-11(15)7-12/h3-6H,7-8,12H2,1-2H3,(H,13,15). The molecule has 15 heavy (non-hydrogen) atoms. The molecule has 0 bridgehead atoms. The molecular formula is C11H17N3O. The van der Waals surface area contributed by atoms with Crippen molar-refractivity contribution < 1.29 is 4.79 Å². The van der Waals surface area contributed by atoms with Crippen LogP contribution >= 0.6 is 0 Å². The van der Waals surface area contributed by atoms with Gasteiger partial charge >= 0.3 is 0 Å². The van der Waals surface area contributed by atoms with Crippen molar-refractivity contribution in [2.75, 3.05) is 26.0 Å². The molecule has 0 aliphatic carbocycles. The zero-order chi connectivity index (χ0) is 11.3. The lowest BCUT2D eigenvalue weighted by Gasteiger charge is -2.14. The number of nitrogens with two attached hydrogens (primary N) is 1. The number of benzene rings is 1. The number of amides is 1. The minimum Gasteiger partial charge on any atom is -0.325 e. The molecule has 0 fully saturated rings. The second-order valence-electron chi connectivity index (χ2n) is 3.65. The highest BCUT2D eigenvalue weighted by atomic mass is 16.1. The van der Waals surface area contributed by atoms with E-state index in [9.17, 15) is 4.79 Å². The van der Waals surface area contributed by atoms with Crippen LogP contribution in [0.2, 0.25) is 0 Å². The summed E-state index contributed by atoms with van der Waals surface area (Å²) < 4.78 is 0. The van der Waals surface area contributed by atoms with E-state index in [-0.39, 0.29) is 12.5 Å². The van der Waals surface area contributed by atoms with Gasteiger partial charge in [0.2, 0.25) is 5.91 Å². The van der Waals surface area contributed by atoms with E-state index in [4.69, 9.17) is 5.73 Å². The zero-order valence-corrected chi connectivity index (χ0v) is 9.16. The summed E-state index contributed by atoms with van der Waals surface area (Å²) in [6.07, 6.45) is 0. The smallest absolute Gasteiger partial charge is 0.238 e. The van der Waals surface area contributed by atoms with Crippen LogP contribution in [0.5, 0.6) is 0 Å². The van der Waals surface area contributed by atoms with E-state index in [0.29, 0.717) is 0 Å². The average Bonchev–Trinajstić information content (AvgIpc) is 2.20. The Morgan fingerprint density at radius 1 is 1.40 bits per heavy atom. The maximum atomic E-state index is 11.2. The van der Waals surface area contributed by atoms with Crippen LogP contribution in [0.25, 0.3) is 0 Å². The lowest BCUT2D eigenvalue weighted by molar-refractivity contribution is -0.114. The molecule has 0 aliphatic heterocycles. The number of carbonyl (C=O) groups is 1. The maximum absolute atomic E-state index is 11.2. The normalized spacial score (nSPS) is 10.4. The number of carbonyl (C=O) groups excluding carboxylic acids is 1. The summed E-state index contributed by atoms with van der Waals surface area (Å²) in [5.41, 5.74) is 7.17. The van der Waals surface area contributed by atoms with Crippen LogP contribution in [0.4, 0.5) is 5.69 Å². The summed E-state index contributed by atoms with van der Waals surface area (Å²) in [6.45, 7) is 0.803. The van der Waals surface area contributed by atoms with Gasteiger partial charge in [0.1, 0.15) is 0 Å². The molecule has 0 aliphatic rings. The van der Waals surface area contributed by atoms with Crippen LogP contribution in [-0.4, -0.2) is 31.4 Å². The lowest BCUT2D eigenvalue weighted by Crippen LogP contribution is -2.23. The maximum Gasteiger partial charge on any atom is 0.238 e. The quantitative estimate of drug-likeness (QED) is 0.762. The summed E-state index contributed by atoms with van der Waals surface area (Å²) in [6, 6.07) is 7.72. The molecule has 0 radical (unpaired) electrons. The van der Waals surface area contributed by atoms with Crippen LogP contribution in [0.15, 0.2) is 24.3 Å². The van der Waals surface area contributed by atoms with Gasteiger partial charge in [0, 0.05) is 12.2 Å². The lowest BCUT2D eigenvalue weighted by atomic mass is 10.1. The molecule has 0 saturated heterocycles. The van der Waals surface area contributed by atoms with Gasteiger partial charge in [-0.1, -0.05) is 18.2 Å². The minimum atomic E-state index is -0.166. The number of nitrogens with one attached hydrogen (secondary N) is 1. The second kappa shape index (κ2) is 5.48. The van der Waals surface area contributed by atoms with Gasteiger partial charge in [0.05, 0.1) is 6.54 Å². The SMILES string of the molecule is CN(C)Cc1ccccc1NC(=O)CN. The largest absolute Gasteiger partial charge is 0.325 e. The van der Waals surface area contributed by atoms with Gasteiger partial charge in [0.15, 0.2) is 0 Å². The molecule has 3 N–H and O–H groups in total. The Labute approximate surface area is 90.1 Å². The number of hydrogen-bond acceptors (Lipinski definition) is 3. The predicted octanol–water partition coefficient (Wildman–Crippen LogP) is 0.645. The molecular weight excluding hydrogens is 190 g/mol. The molecule has 0 spiro atoms. The number of rotatable bonds is 4. The molecule has 0 unspecified atom stereocenters. The van der Waals surface area contributed by atoms with Crippen molar-refractivity contribution in [2.45, 2.75) is 6.54 Å². The fraction of sp³-hybridized carbons (Fsp3) is 0.364. The summed E-state index contributed by atoms with van der Waals surface area (Å²) in [5.74, 6) is -0.166. The van der Waals surface area contributed by atoms with Crippen molar-refractivity contribution in [1.29, 1.82) is 0 Å². The summed E-state index contributed by atoms with van der Waals surface area (Å²) >= 11 is 0. The Balaban J connectivity index is 2.81. The van der Waals surface area contributed by atoms with E-state index in [1.165, 1.54) is 0 Å². The summed E-state index contributed by atoms with van der Waals surface area (Å²) in [4.78, 5) is 13.2. The Morgan fingerprint density at radius 2 is 2.07 bits per heavy atom. The van der Waals surface area contributed by atoms with Crippen LogP contribution in [0.3, 0.4) is 0 Å². The first-order chi connectivity index (χ1) is 7.13. The summed E-state index contributed by atoms with van der Waals surface area (Å²) in [7, 11) is 3.98. The van der Waals surface area contributed by atoms with Gasteiger partial charge in [-0.3, -0.25) is 4.79 Å². The molecule has 0 aromatic heterocycles. The molecule has 1 aromatic carbocycles. The van der Waals surface area contributed by atoms with Gasteiger partial charge in [0.25, 0.3) is 0 Å². The van der Waals surface area contributed by atoms with Gasteiger partial charge < -0.3 is 16.0 Å². The highest BCUT2D eigenvalue weighted by molar-refractivity contribution is 5.92. The van der Waals surface area contributed by atoms with Crippen molar-refractivity contribution in [3.8, 4) is 0 Å². The van der Waals surface area contributed by atoms with Crippen LogP contribution in [0.1, 0.15) is 5.56 Å². The molecule has 1 aromatic rings. The number of nitrogens with zero attached hydrogens (tertiary/aromatic N) is 1. The van der Waals surface area contributed by atoms with Gasteiger partial charge in [-0.15, -0.1) is 0 Å². The molecule has 0 saturated carbocycles. The van der Waals surface area contributed by atoms with Crippen molar-refractivity contribution >= 4 is 11.6 Å². The highest BCUT2D eigenvalue weighted by Gasteiger charge is 2.05. The third-order valence-corrected chi connectivity index (χ3v) is 1.96. The molecule has 0 heterocycles. The first kappa shape index (κ1) is 11.7. The van der Waals surface area contributed by atoms with Gasteiger partial charge in [-0.05, 0) is 25.7 Å². The van der Waals surface area contributed by atoms with Crippen molar-refractivity contribution in [3.05, 3.63) is 29.8 Å². The average molecular weight is 207 g/mol. The number of hydrogen-bond donors (Lipinski definition) is 2. The van der Waals surface area contributed by atoms with Crippen molar-refractivity contribution in [1.82, 2.24) is 4.90 Å². The predicted molar refractivity (Wildman–Crippen MR) is 61.5 cm³/mol.